The first-order chi connectivity index (χ1) is 7.63. The van der Waals surface area contributed by atoms with Gasteiger partial charge in [0.05, 0.1) is 5.56 Å². The smallest absolute Gasteiger partial charge is 0.253 e. The molecule has 0 unspecified atom stereocenters. The van der Waals surface area contributed by atoms with Crippen LogP contribution in [0.1, 0.15) is 23.0 Å². The molecule has 0 bridgehead atoms. The van der Waals surface area contributed by atoms with E-state index in [1.54, 1.807) is 6.07 Å². The number of benzene rings is 1. The fourth-order valence-corrected chi connectivity index (χ4v) is 2.01. The number of fused-ring (bicyclic) bond motifs is 1. The summed E-state index contributed by atoms with van der Waals surface area (Å²) >= 11 is 5.94. The van der Waals surface area contributed by atoms with Crippen LogP contribution < -0.4 is 5.32 Å². The predicted octanol–water partition coefficient (Wildman–Crippen LogP) is 2.88. The number of aromatic nitrogens is 1. The zero-order valence-corrected chi connectivity index (χ0v) is 9.98. The quantitative estimate of drug-likeness (QED) is 0.828. The van der Waals surface area contributed by atoms with Crippen molar-refractivity contribution >= 4 is 28.4 Å². The molecule has 0 atom stereocenters. The Bertz CT molecular complexity index is 545. The normalized spacial score (nSPS) is 10.7. The monoisotopic (exact) mass is 236 g/mol. The number of rotatable bonds is 2. The number of aromatic amines is 1. The largest absolute Gasteiger partial charge is 0.358 e. The van der Waals surface area contributed by atoms with Gasteiger partial charge >= 0.3 is 0 Å². The maximum Gasteiger partial charge on any atom is 0.253 e. The number of H-pyrrole nitrogens is 1. The van der Waals surface area contributed by atoms with Crippen LogP contribution in [-0.4, -0.2) is 17.4 Å². The van der Waals surface area contributed by atoms with E-state index in [1.807, 2.05) is 26.0 Å². The van der Waals surface area contributed by atoms with Crippen LogP contribution in [0.2, 0.25) is 5.02 Å². The number of nitrogens with one attached hydrogen (secondary N) is 2. The second-order valence-corrected chi connectivity index (χ2v) is 4.11. The fraction of sp³-hybridized carbons (Fsp3) is 0.250. The van der Waals surface area contributed by atoms with Gasteiger partial charge in [-0.05, 0) is 32.0 Å². The number of carbonyl (C=O) groups excluding carboxylic acids is 1. The summed E-state index contributed by atoms with van der Waals surface area (Å²) in [6.07, 6.45) is 0. The maximum atomic E-state index is 11.9. The Hall–Kier alpha value is -1.48. The van der Waals surface area contributed by atoms with E-state index in [2.05, 4.69) is 10.3 Å². The van der Waals surface area contributed by atoms with Crippen molar-refractivity contribution in [3.63, 3.8) is 0 Å². The van der Waals surface area contributed by atoms with Gasteiger partial charge in [-0.3, -0.25) is 4.79 Å². The molecule has 2 N–H and O–H groups in total. The van der Waals surface area contributed by atoms with Crippen LogP contribution in [0.25, 0.3) is 10.9 Å². The third-order valence-corrected chi connectivity index (χ3v) is 2.75. The number of carbonyl (C=O) groups is 1. The minimum Gasteiger partial charge on any atom is -0.358 e. The van der Waals surface area contributed by atoms with Crippen LogP contribution in [-0.2, 0) is 0 Å². The molecular formula is C12H13ClN2O. The highest BCUT2D eigenvalue weighted by atomic mass is 35.5. The van der Waals surface area contributed by atoms with E-state index in [0.717, 1.165) is 16.6 Å². The Balaban J connectivity index is 2.62. The van der Waals surface area contributed by atoms with Crippen molar-refractivity contribution in [3.8, 4) is 0 Å². The third-order valence-electron chi connectivity index (χ3n) is 2.51. The molecule has 16 heavy (non-hydrogen) atoms. The lowest BCUT2D eigenvalue weighted by Gasteiger charge is -2.01. The Morgan fingerprint density at radius 3 is 2.94 bits per heavy atom. The average Bonchev–Trinajstić information content (AvgIpc) is 2.53. The summed E-state index contributed by atoms with van der Waals surface area (Å²) in [6.45, 7) is 4.40. The molecule has 2 aromatic rings. The van der Waals surface area contributed by atoms with Crippen LogP contribution in [0, 0.1) is 6.92 Å². The lowest BCUT2D eigenvalue weighted by Crippen LogP contribution is -2.23. The number of halogens is 1. The van der Waals surface area contributed by atoms with Crippen LogP contribution in [0.15, 0.2) is 18.2 Å². The molecule has 0 spiro atoms. The molecule has 0 saturated carbocycles. The highest BCUT2D eigenvalue weighted by molar-refractivity contribution is 6.31. The van der Waals surface area contributed by atoms with Gasteiger partial charge < -0.3 is 10.3 Å². The van der Waals surface area contributed by atoms with Crippen LogP contribution >= 0.6 is 11.6 Å². The predicted molar refractivity (Wildman–Crippen MR) is 66.1 cm³/mol. The lowest BCUT2D eigenvalue weighted by atomic mass is 10.1. The van der Waals surface area contributed by atoms with Gasteiger partial charge in [-0.2, -0.15) is 0 Å². The third kappa shape index (κ3) is 1.78. The summed E-state index contributed by atoms with van der Waals surface area (Å²) in [5, 5.41) is 4.31. The van der Waals surface area contributed by atoms with Crippen molar-refractivity contribution in [3.05, 3.63) is 34.5 Å². The van der Waals surface area contributed by atoms with E-state index in [4.69, 9.17) is 11.6 Å². The highest BCUT2D eigenvalue weighted by Crippen LogP contribution is 2.25. The first-order valence-corrected chi connectivity index (χ1v) is 5.57. The Labute approximate surface area is 98.8 Å². The SMILES string of the molecule is CCNC(=O)c1c(C)[nH]c2ccc(Cl)cc12. The van der Waals surface area contributed by atoms with Crippen LogP contribution in [0.3, 0.4) is 0 Å². The van der Waals surface area contributed by atoms with Crippen LogP contribution in [0.4, 0.5) is 0 Å². The summed E-state index contributed by atoms with van der Waals surface area (Å²) in [4.78, 5) is 15.1. The molecule has 0 saturated heterocycles. The van der Waals surface area contributed by atoms with Crippen molar-refractivity contribution in [1.29, 1.82) is 0 Å². The van der Waals surface area contributed by atoms with Crippen molar-refractivity contribution in [2.24, 2.45) is 0 Å². The van der Waals surface area contributed by atoms with Gasteiger partial charge in [0.25, 0.3) is 5.91 Å². The molecule has 1 heterocycles. The van der Waals surface area contributed by atoms with Crippen LogP contribution in [0.5, 0.6) is 0 Å². The molecule has 1 aromatic heterocycles. The summed E-state index contributed by atoms with van der Waals surface area (Å²) < 4.78 is 0. The van der Waals surface area contributed by atoms with Gasteiger partial charge in [-0.25, -0.2) is 0 Å². The second kappa shape index (κ2) is 4.18. The van der Waals surface area contributed by atoms with Crippen molar-refractivity contribution in [1.82, 2.24) is 10.3 Å². The fourth-order valence-electron chi connectivity index (χ4n) is 1.84. The van der Waals surface area contributed by atoms with E-state index in [9.17, 15) is 4.79 Å². The molecule has 1 amide bonds. The standard InChI is InChI=1S/C12H13ClN2O/c1-3-14-12(16)11-7(2)15-10-5-4-8(13)6-9(10)11/h4-6,15H,3H2,1-2H3,(H,14,16). The van der Waals surface area contributed by atoms with E-state index in [0.29, 0.717) is 17.1 Å². The van der Waals surface area contributed by atoms with Gasteiger partial charge in [0, 0.05) is 28.2 Å². The summed E-state index contributed by atoms with van der Waals surface area (Å²) in [6, 6.07) is 5.50. The molecule has 2 rings (SSSR count). The number of hydrogen-bond acceptors (Lipinski definition) is 1. The molecular weight excluding hydrogens is 224 g/mol. The van der Waals surface area contributed by atoms with Gasteiger partial charge in [-0.1, -0.05) is 11.6 Å². The van der Waals surface area contributed by atoms with Crippen molar-refractivity contribution in [2.45, 2.75) is 13.8 Å². The van der Waals surface area contributed by atoms with Gasteiger partial charge in [-0.15, -0.1) is 0 Å². The second-order valence-electron chi connectivity index (χ2n) is 3.67. The van der Waals surface area contributed by atoms with Crippen molar-refractivity contribution < 1.29 is 4.79 Å². The molecule has 0 aliphatic rings. The van der Waals surface area contributed by atoms with E-state index >= 15 is 0 Å². The number of hydrogen-bond donors (Lipinski definition) is 2. The Kier molecular flexibility index (Phi) is 2.88. The maximum absolute atomic E-state index is 11.9. The minimum atomic E-state index is -0.0616. The number of amides is 1. The van der Waals surface area contributed by atoms with E-state index < -0.39 is 0 Å². The van der Waals surface area contributed by atoms with Gasteiger partial charge in [0.15, 0.2) is 0 Å². The lowest BCUT2D eigenvalue weighted by molar-refractivity contribution is 0.0957. The number of aryl methyl sites for hydroxylation is 1. The summed E-state index contributed by atoms with van der Waals surface area (Å²) in [5.41, 5.74) is 2.48. The molecule has 0 fully saturated rings. The van der Waals surface area contributed by atoms with Gasteiger partial charge in [0.2, 0.25) is 0 Å². The van der Waals surface area contributed by atoms with E-state index in [1.165, 1.54) is 0 Å². The average molecular weight is 237 g/mol. The highest BCUT2D eigenvalue weighted by Gasteiger charge is 2.15. The van der Waals surface area contributed by atoms with E-state index in [-0.39, 0.29) is 5.91 Å². The Morgan fingerprint density at radius 1 is 1.50 bits per heavy atom. The zero-order valence-electron chi connectivity index (χ0n) is 9.23. The molecule has 4 heteroatoms. The Morgan fingerprint density at radius 2 is 2.25 bits per heavy atom. The molecule has 3 nitrogen and oxygen atoms in total. The summed E-state index contributed by atoms with van der Waals surface area (Å²) in [7, 11) is 0. The molecule has 0 aliphatic carbocycles. The first kappa shape index (κ1) is 11.0. The molecule has 0 radical (unpaired) electrons. The topological polar surface area (TPSA) is 44.9 Å². The van der Waals surface area contributed by atoms with Gasteiger partial charge in [0.1, 0.15) is 0 Å². The first-order valence-electron chi connectivity index (χ1n) is 5.19. The minimum absolute atomic E-state index is 0.0616. The van der Waals surface area contributed by atoms with Crippen molar-refractivity contribution in [2.75, 3.05) is 6.54 Å². The zero-order chi connectivity index (χ0) is 11.7. The summed E-state index contributed by atoms with van der Waals surface area (Å²) in [5.74, 6) is -0.0616. The molecule has 1 aromatic carbocycles. The molecule has 0 aliphatic heterocycles. The molecule has 84 valence electrons.